The lowest BCUT2D eigenvalue weighted by atomic mass is 10.3. The second-order valence-corrected chi connectivity index (χ2v) is 4.95. The van der Waals surface area contributed by atoms with Gasteiger partial charge in [-0.15, -0.1) is 11.3 Å². The Kier molecular flexibility index (Phi) is 4.17. The van der Waals surface area contributed by atoms with Crippen LogP contribution in [0, 0.1) is 0 Å². The lowest BCUT2D eigenvalue weighted by Gasteiger charge is -2.16. The van der Waals surface area contributed by atoms with Gasteiger partial charge in [-0.2, -0.15) is 0 Å². The number of hydrogen-bond donors (Lipinski definition) is 1. The van der Waals surface area contributed by atoms with Crippen molar-refractivity contribution in [1.82, 2.24) is 9.47 Å². The number of rotatable bonds is 5. The number of aromatic nitrogens is 1. The molecule has 0 aromatic carbocycles. The van der Waals surface area contributed by atoms with E-state index >= 15 is 0 Å². The molecule has 2 heterocycles. The molecule has 2 aromatic heterocycles. The molecule has 0 unspecified atom stereocenters. The van der Waals surface area contributed by atoms with Crippen LogP contribution in [0.3, 0.4) is 0 Å². The third kappa shape index (κ3) is 2.63. The molecular formula is C13H16N2O2S. The first-order valence-electron chi connectivity index (χ1n) is 5.81. The summed E-state index contributed by atoms with van der Waals surface area (Å²) in [6.07, 6.45) is 4.45. The van der Waals surface area contributed by atoms with Crippen LogP contribution in [0.4, 0.5) is 0 Å². The highest BCUT2D eigenvalue weighted by Gasteiger charge is 2.17. The quantitative estimate of drug-likeness (QED) is 0.897. The van der Waals surface area contributed by atoms with Crippen molar-refractivity contribution in [3.8, 4) is 5.69 Å². The Morgan fingerprint density at radius 1 is 1.44 bits per heavy atom. The lowest BCUT2D eigenvalue weighted by Crippen LogP contribution is -2.28. The van der Waals surface area contributed by atoms with Gasteiger partial charge < -0.3 is 14.6 Å². The monoisotopic (exact) mass is 264 g/mol. The molecule has 0 aliphatic rings. The van der Waals surface area contributed by atoms with Crippen LogP contribution in [-0.2, 0) is 0 Å². The van der Waals surface area contributed by atoms with Crippen LogP contribution in [-0.4, -0.2) is 40.7 Å². The fourth-order valence-electron chi connectivity index (χ4n) is 1.74. The van der Waals surface area contributed by atoms with Crippen molar-refractivity contribution in [2.45, 2.75) is 6.42 Å². The molecule has 0 saturated carbocycles. The Labute approximate surface area is 110 Å². The normalized spacial score (nSPS) is 10.6. The zero-order chi connectivity index (χ0) is 13.0. The van der Waals surface area contributed by atoms with E-state index in [0.29, 0.717) is 13.0 Å². The summed E-state index contributed by atoms with van der Waals surface area (Å²) in [4.78, 5) is 14.6. The molecule has 0 saturated heterocycles. The van der Waals surface area contributed by atoms with Crippen LogP contribution >= 0.6 is 11.3 Å². The van der Waals surface area contributed by atoms with Crippen LogP contribution in [0.2, 0.25) is 0 Å². The number of amides is 1. The molecular weight excluding hydrogens is 248 g/mol. The van der Waals surface area contributed by atoms with Gasteiger partial charge in [0.25, 0.3) is 5.91 Å². The van der Waals surface area contributed by atoms with E-state index in [-0.39, 0.29) is 12.5 Å². The Morgan fingerprint density at radius 3 is 2.83 bits per heavy atom. The molecule has 18 heavy (non-hydrogen) atoms. The summed E-state index contributed by atoms with van der Waals surface area (Å²) >= 11 is 1.44. The van der Waals surface area contributed by atoms with E-state index in [4.69, 9.17) is 5.11 Å². The zero-order valence-corrected chi connectivity index (χ0v) is 11.1. The first-order chi connectivity index (χ1) is 8.74. The molecule has 1 amide bonds. The molecule has 0 bridgehead atoms. The van der Waals surface area contributed by atoms with Crippen molar-refractivity contribution in [2.24, 2.45) is 0 Å². The van der Waals surface area contributed by atoms with Crippen LogP contribution in [0.15, 0.2) is 36.0 Å². The highest BCUT2D eigenvalue weighted by atomic mass is 32.1. The largest absolute Gasteiger partial charge is 0.396 e. The van der Waals surface area contributed by atoms with Crippen LogP contribution in [0.1, 0.15) is 16.1 Å². The number of thiophene rings is 1. The molecule has 0 atom stereocenters. The maximum Gasteiger partial charge on any atom is 0.265 e. The smallest absolute Gasteiger partial charge is 0.265 e. The summed E-state index contributed by atoms with van der Waals surface area (Å²) in [5.41, 5.74) is 0.908. The minimum Gasteiger partial charge on any atom is -0.396 e. The van der Waals surface area contributed by atoms with Gasteiger partial charge in [-0.25, -0.2) is 0 Å². The van der Waals surface area contributed by atoms with Crippen molar-refractivity contribution < 1.29 is 9.90 Å². The first kappa shape index (κ1) is 12.9. The van der Waals surface area contributed by atoms with Gasteiger partial charge in [0, 0.05) is 32.6 Å². The highest BCUT2D eigenvalue weighted by molar-refractivity contribution is 7.12. The average molecular weight is 264 g/mol. The van der Waals surface area contributed by atoms with Gasteiger partial charge in [-0.05, 0) is 30.0 Å². The lowest BCUT2D eigenvalue weighted by molar-refractivity contribution is 0.0791. The topological polar surface area (TPSA) is 45.5 Å². The molecule has 4 nitrogen and oxygen atoms in total. The fraction of sp³-hybridized carbons (Fsp3) is 0.308. The van der Waals surface area contributed by atoms with Crippen molar-refractivity contribution in [3.05, 3.63) is 40.8 Å². The minimum atomic E-state index is 0.00199. The average Bonchev–Trinajstić information content (AvgIpc) is 3.03. The Balaban J connectivity index is 2.19. The number of hydrogen-bond acceptors (Lipinski definition) is 3. The number of aliphatic hydroxyl groups excluding tert-OH is 1. The standard InChI is InChI=1S/C13H16N2O2S/c1-14(6-4-9-16)13(17)12-11(5-10-18-12)15-7-2-3-8-15/h2-3,5,7-8,10,16H,4,6,9H2,1H3. The van der Waals surface area contributed by atoms with Gasteiger partial charge in [0.05, 0.1) is 5.69 Å². The summed E-state index contributed by atoms with van der Waals surface area (Å²) < 4.78 is 1.93. The maximum absolute atomic E-state index is 12.3. The molecule has 1 N–H and O–H groups in total. The minimum absolute atomic E-state index is 0.00199. The first-order valence-corrected chi connectivity index (χ1v) is 6.69. The summed E-state index contributed by atoms with van der Waals surface area (Å²) in [5, 5.41) is 10.7. The van der Waals surface area contributed by atoms with Gasteiger partial charge in [-0.3, -0.25) is 4.79 Å². The number of aliphatic hydroxyl groups is 1. The molecule has 0 aliphatic carbocycles. The number of nitrogens with zero attached hydrogens (tertiary/aromatic N) is 2. The summed E-state index contributed by atoms with van der Waals surface area (Å²) in [6.45, 7) is 0.671. The van der Waals surface area contributed by atoms with E-state index in [2.05, 4.69) is 0 Å². The van der Waals surface area contributed by atoms with E-state index in [1.54, 1.807) is 11.9 Å². The number of carbonyl (C=O) groups excluding carboxylic acids is 1. The SMILES string of the molecule is CN(CCCO)C(=O)c1sccc1-n1cccc1. The van der Waals surface area contributed by atoms with Crippen LogP contribution < -0.4 is 0 Å². The molecule has 2 rings (SSSR count). The predicted molar refractivity (Wildman–Crippen MR) is 72.3 cm³/mol. The highest BCUT2D eigenvalue weighted by Crippen LogP contribution is 2.22. The van der Waals surface area contributed by atoms with Gasteiger partial charge in [0.1, 0.15) is 4.88 Å². The summed E-state index contributed by atoms with van der Waals surface area (Å²) in [6, 6.07) is 5.81. The Bertz CT molecular complexity index is 505. The van der Waals surface area contributed by atoms with E-state index in [9.17, 15) is 4.79 Å². The molecule has 0 spiro atoms. The summed E-state index contributed by atoms with van der Waals surface area (Å²) in [7, 11) is 1.76. The van der Waals surface area contributed by atoms with Gasteiger partial charge in [-0.1, -0.05) is 0 Å². The van der Waals surface area contributed by atoms with Crippen molar-refractivity contribution in [1.29, 1.82) is 0 Å². The Hall–Kier alpha value is -1.59. The van der Waals surface area contributed by atoms with E-state index in [1.165, 1.54) is 11.3 Å². The van der Waals surface area contributed by atoms with Gasteiger partial charge in [0.15, 0.2) is 0 Å². The van der Waals surface area contributed by atoms with Crippen molar-refractivity contribution in [3.63, 3.8) is 0 Å². The molecule has 96 valence electrons. The zero-order valence-electron chi connectivity index (χ0n) is 10.2. The molecule has 0 radical (unpaired) electrons. The van der Waals surface area contributed by atoms with Crippen LogP contribution in [0.5, 0.6) is 0 Å². The molecule has 0 fully saturated rings. The van der Waals surface area contributed by atoms with E-state index < -0.39 is 0 Å². The second-order valence-electron chi connectivity index (χ2n) is 4.03. The van der Waals surface area contributed by atoms with Crippen LogP contribution in [0.25, 0.3) is 5.69 Å². The summed E-state index contributed by atoms with van der Waals surface area (Å²) in [5.74, 6) is 0.00199. The molecule has 2 aromatic rings. The van der Waals surface area contributed by atoms with E-state index in [0.717, 1.165) is 10.6 Å². The van der Waals surface area contributed by atoms with E-state index in [1.807, 2.05) is 40.5 Å². The molecule has 5 heteroatoms. The second kappa shape index (κ2) is 5.84. The third-order valence-electron chi connectivity index (χ3n) is 2.72. The van der Waals surface area contributed by atoms with Gasteiger partial charge >= 0.3 is 0 Å². The third-order valence-corrected chi connectivity index (χ3v) is 3.61. The Morgan fingerprint density at radius 2 is 2.17 bits per heavy atom. The van der Waals surface area contributed by atoms with Gasteiger partial charge in [0.2, 0.25) is 0 Å². The maximum atomic E-state index is 12.3. The fourth-order valence-corrected chi connectivity index (χ4v) is 2.63. The number of carbonyl (C=O) groups is 1. The molecule has 0 aliphatic heterocycles. The van der Waals surface area contributed by atoms with Crippen molar-refractivity contribution >= 4 is 17.2 Å². The van der Waals surface area contributed by atoms with Crippen molar-refractivity contribution in [2.75, 3.05) is 20.2 Å². The predicted octanol–water partition coefficient (Wildman–Crippen LogP) is 1.99.